The van der Waals surface area contributed by atoms with Crippen molar-refractivity contribution in [1.82, 2.24) is 9.88 Å². The molecule has 1 saturated heterocycles. The van der Waals surface area contributed by atoms with Gasteiger partial charge in [-0.3, -0.25) is 9.59 Å². The summed E-state index contributed by atoms with van der Waals surface area (Å²) < 4.78 is 12.9. The van der Waals surface area contributed by atoms with Crippen molar-refractivity contribution in [3.63, 3.8) is 0 Å². The number of likely N-dealkylation sites (tertiary alicyclic amines) is 1. The fourth-order valence-electron chi connectivity index (χ4n) is 2.54. The lowest BCUT2D eigenvalue weighted by Gasteiger charge is -2.12. The first kappa shape index (κ1) is 16.3. The van der Waals surface area contributed by atoms with Gasteiger partial charge in [0.25, 0.3) is 0 Å². The largest absolute Gasteiger partial charge is 0.369 e. The molecule has 7 heteroatoms. The van der Waals surface area contributed by atoms with Crippen LogP contribution in [0, 0.1) is 11.7 Å². The average molecular weight is 345 g/mol. The van der Waals surface area contributed by atoms with Crippen molar-refractivity contribution in [3.8, 4) is 10.6 Å². The second kappa shape index (κ2) is 6.92. The molecule has 0 aliphatic carbocycles. The fraction of sp³-hybridized carbons (Fsp3) is 0.235. The lowest BCUT2D eigenvalue weighted by molar-refractivity contribution is -0.125. The summed E-state index contributed by atoms with van der Waals surface area (Å²) in [5.41, 5.74) is 6.76. The molecule has 1 unspecified atom stereocenters. The molecular formula is C17H16FN3O2S. The van der Waals surface area contributed by atoms with E-state index in [0.717, 1.165) is 10.6 Å². The van der Waals surface area contributed by atoms with Gasteiger partial charge < -0.3 is 10.6 Å². The molecule has 1 aromatic heterocycles. The number of carbonyl (C=O) groups excluding carboxylic acids is 2. The molecule has 0 bridgehead atoms. The van der Waals surface area contributed by atoms with Crippen LogP contribution in [0.2, 0.25) is 0 Å². The standard InChI is InChI=1S/C17H16FN3O2S/c18-13-3-1-11(2-4-13)17-20-14(10-24-17)5-6-15(22)21-8-7-12(9-21)16(19)23/h1-6,10,12H,7-9H2,(H2,19,23)/b6-5+. The number of nitrogens with zero attached hydrogens (tertiary/aromatic N) is 2. The lowest BCUT2D eigenvalue weighted by Crippen LogP contribution is -2.30. The third kappa shape index (κ3) is 3.68. The van der Waals surface area contributed by atoms with Crippen LogP contribution in [0.25, 0.3) is 16.6 Å². The second-order valence-electron chi connectivity index (χ2n) is 5.59. The molecule has 0 saturated carbocycles. The van der Waals surface area contributed by atoms with Gasteiger partial charge in [-0.2, -0.15) is 0 Å². The van der Waals surface area contributed by atoms with Crippen molar-refractivity contribution in [2.24, 2.45) is 11.7 Å². The van der Waals surface area contributed by atoms with Crippen LogP contribution in [0.3, 0.4) is 0 Å². The molecule has 1 aromatic carbocycles. The van der Waals surface area contributed by atoms with Crippen LogP contribution < -0.4 is 5.73 Å². The minimum atomic E-state index is -0.363. The monoisotopic (exact) mass is 345 g/mol. The van der Waals surface area contributed by atoms with Crippen molar-refractivity contribution in [3.05, 3.63) is 47.2 Å². The van der Waals surface area contributed by atoms with E-state index in [0.29, 0.717) is 25.2 Å². The summed E-state index contributed by atoms with van der Waals surface area (Å²) in [7, 11) is 0. The number of amides is 2. The molecule has 2 N–H and O–H groups in total. The predicted molar refractivity (Wildman–Crippen MR) is 90.4 cm³/mol. The highest BCUT2D eigenvalue weighted by molar-refractivity contribution is 7.13. The third-order valence-electron chi connectivity index (χ3n) is 3.91. The maximum Gasteiger partial charge on any atom is 0.246 e. The highest BCUT2D eigenvalue weighted by atomic mass is 32.1. The Labute approximate surface area is 142 Å². The first-order valence-corrected chi connectivity index (χ1v) is 8.38. The highest BCUT2D eigenvalue weighted by Gasteiger charge is 2.28. The molecule has 2 heterocycles. The zero-order valence-corrected chi connectivity index (χ0v) is 13.6. The van der Waals surface area contributed by atoms with Crippen molar-refractivity contribution in [1.29, 1.82) is 0 Å². The molecule has 0 spiro atoms. The molecule has 124 valence electrons. The van der Waals surface area contributed by atoms with E-state index in [1.807, 2.05) is 5.38 Å². The number of thiazole rings is 1. The Morgan fingerprint density at radius 3 is 2.75 bits per heavy atom. The van der Waals surface area contributed by atoms with Crippen molar-refractivity contribution >= 4 is 29.2 Å². The van der Waals surface area contributed by atoms with E-state index in [9.17, 15) is 14.0 Å². The number of rotatable bonds is 4. The van der Waals surface area contributed by atoms with Crippen LogP contribution in [0.15, 0.2) is 35.7 Å². The van der Waals surface area contributed by atoms with Crippen LogP contribution in [0.1, 0.15) is 12.1 Å². The van der Waals surface area contributed by atoms with E-state index in [1.165, 1.54) is 29.5 Å². The van der Waals surface area contributed by atoms with Gasteiger partial charge in [-0.05, 0) is 36.8 Å². The Morgan fingerprint density at radius 1 is 1.33 bits per heavy atom. The van der Waals surface area contributed by atoms with Gasteiger partial charge in [0.1, 0.15) is 10.8 Å². The first-order chi connectivity index (χ1) is 11.5. The Kier molecular flexibility index (Phi) is 4.71. The summed E-state index contributed by atoms with van der Waals surface area (Å²) in [6.45, 7) is 0.908. The number of aromatic nitrogens is 1. The Hall–Kier alpha value is -2.54. The molecule has 2 aromatic rings. The Balaban J connectivity index is 1.64. The van der Waals surface area contributed by atoms with Crippen LogP contribution in [0.5, 0.6) is 0 Å². The first-order valence-electron chi connectivity index (χ1n) is 7.50. The summed E-state index contributed by atoms with van der Waals surface area (Å²) in [4.78, 5) is 29.3. The van der Waals surface area contributed by atoms with E-state index in [4.69, 9.17) is 5.73 Å². The quantitative estimate of drug-likeness (QED) is 0.864. The zero-order chi connectivity index (χ0) is 17.1. The van der Waals surface area contributed by atoms with Crippen LogP contribution >= 0.6 is 11.3 Å². The number of halogens is 1. The topological polar surface area (TPSA) is 76.3 Å². The van der Waals surface area contributed by atoms with Crippen LogP contribution in [0.4, 0.5) is 4.39 Å². The molecule has 5 nitrogen and oxygen atoms in total. The molecule has 24 heavy (non-hydrogen) atoms. The molecule has 3 rings (SSSR count). The van der Waals surface area contributed by atoms with Gasteiger partial charge in [-0.15, -0.1) is 11.3 Å². The van der Waals surface area contributed by atoms with Crippen LogP contribution in [-0.2, 0) is 9.59 Å². The molecule has 2 amide bonds. The SMILES string of the molecule is NC(=O)C1CCN(C(=O)/C=C/c2csc(-c3ccc(F)cc3)n2)C1. The third-order valence-corrected chi connectivity index (χ3v) is 4.82. The number of hydrogen-bond donors (Lipinski definition) is 1. The smallest absolute Gasteiger partial charge is 0.246 e. The summed E-state index contributed by atoms with van der Waals surface area (Å²) in [6.07, 6.45) is 3.71. The maximum atomic E-state index is 12.9. The molecule has 1 atom stereocenters. The Morgan fingerprint density at radius 2 is 2.08 bits per heavy atom. The average Bonchev–Trinajstić information content (AvgIpc) is 3.23. The number of carbonyl (C=O) groups is 2. The van der Waals surface area contributed by atoms with E-state index in [-0.39, 0.29) is 23.5 Å². The van der Waals surface area contributed by atoms with Gasteiger partial charge in [0.05, 0.1) is 11.6 Å². The van der Waals surface area contributed by atoms with Gasteiger partial charge in [0, 0.05) is 30.1 Å². The normalized spacial score (nSPS) is 17.5. The van der Waals surface area contributed by atoms with Gasteiger partial charge >= 0.3 is 0 Å². The Bertz CT molecular complexity index is 785. The van der Waals surface area contributed by atoms with Gasteiger partial charge in [-0.1, -0.05) is 0 Å². The predicted octanol–water partition coefficient (Wildman–Crippen LogP) is 2.30. The minimum absolute atomic E-state index is 0.157. The van der Waals surface area contributed by atoms with Crippen molar-refractivity contribution in [2.75, 3.05) is 13.1 Å². The van der Waals surface area contributed by atoms with E-state index in [1.54, 1.807) is 23.1 Å². The molecular weight excluding hydrogens is 329 g/mol. The molecule has 0 radical (unpaired) electrons. The minimum Gasteiger partial charge on any atom is -0.369 e. The van der Waals surface area contributed by atoms with Gasteiger partial charge in [-0.25, -0.2) is 9.37 Å². The summed E-state index contributed by atoms with van der Waals surface area (Å²) in [5, 5.41) is 2.59. The number of nitrogens with two attached hydrogens (primary N) is 1. The molecule has 1 aliphatic rings. The maximum absolute atomic E-state index is 12.9. The van der Waals surface area contributed by atoms with E-state index < -0.39 is 0 Å². The van der Waals surface area contributed by atoms with Crippen LogP contribution in [-0.4, -0.2) is 34.8 Å². The number of benzene rings is 1. The van der Waals surface area contributed by atoms with Crippen molar-refractivity contribution < 1.29 is 14.0 Å². The number of primary amides is 1. The zero-order valence-electron chi connectivity index (χ0n) is 12.8. The summed E-state index contributed by atoms with van der Waals surface area (Å²) in [5.74, 6) is -1.07. The van der Waals surface area contributed by atoms with Gasteiger partial charge in [0.2, 0.25) is 11.8 Å². The van der Waals surface area contributed by atoms with E-state index >= 15 is 0 Å². The van der Waals surface area contributed by atoms with Gasteiger partial charge in [0.15, 0.2) is 0 Å². The highest BCUT2D eigenvalue weighted by Crippen LogP contribution is 2.24. The summed E-state index contributed by atoms with van der Waals surface area (Å²) >= 11 is 1.43. The summed E-state index contributed by atoms with van der Waals surface area (Å²) in [6, 6.07) is 6.11. The fourth-order valence-corrected chi connectivity index (χ4v) is 3.34. The second-order valence-corrected chi connectivity index (χ2v) is 6.45. The number of hydrogen-bond acceptors (Lipinski definition) is 4. The lowest BCUT2D eigenvalue weighted by atomic mass is 10.1. The molecule has 1 fully saturated rings. The molecule has 1 aliphatic heterocycles. The van der Waals surface area contributed by atoms with E-state index in [2.05, 4.69) is 4.98 Å². The van der Waals surface area contributed by atoms with Crippen molar-refractivity contribution in [2.45, 2.75) is 6.42 Å².